The normalized spacial score (nSPS) is 13.0. The van der Waals surface area contributed by atoms with Gasteiger partial charge in [-0.25, -0.2) is 0 Å². The molecule has 0 bridgehead atoms. The van der Waals surface area contributed by atoms with Crippen molar-refractivity contribution >= 4 is 0 Å². The van der Waals surface area contributed by atoms with Crippen molar-refractivity contribution in [2.75, 3.05) is 26.7 Å². The zero-order valence-electron chi connectivity index (χ0n) is 10.4. The molecule has 1 atom stereocenters. The topological polar surface area (TPSA) is 35.5 Å². The van der Waals surface area contributed by atoms with Gasteiger partial charge < -0.3 is 10.4 Å². The van der Waals surface area contributed by atoms with E-state index in [-0.39, 0.29) is 6.04 Å². The number of hydrogen-bond donors (Lipinski definition) is 2. The molecule has 0 radical (unpaired) electrons. The Kier molecular flexibility index (Phi) is 5.29. The van der Waals surface area contributed by atoms with Crippen molar-refractivity contribution in [3.8, 4) is 5.75 Å². The average molecular weight is 222 g/mol. The predicted octanol–water partition coefficient (Wildman–Crippen LogP) is 1.99. The summed E-state index contributed by atoms with van der Waals surface area (Å²) < 4.78 is 0. The number of para-hydroxylation sites is 1. The fraction of sp³-hybridized carbons (Fsp3) is 0.538. The molecule has 1 unspecified atom stereocenters. The van der Waals surface area contributed by atoms with Gasteiger partial charge >= 0.3 is 0 Å². The molecule has 1 aromatic rings. The minimum Gasteiger partial charge on any atom is -0.508 e. The molecule has 0 aliphatic heterocycles. The van der Waals surface area contributed by atoms with Crippen LogP contribution < -0.4 is 5.32 Å². The summed E-state index contributed by atoms with van der Waals surface area (Å²) in [5, 5.41) is 13.1. The quantitative estimate of drug-likeness (QED) is 0.772. The lowest BCUT2D eigenvalue weighted by atomic mass is 10.0. The smallest absolute Gasteiger partial charge is 0.120 e. The van der Waals surface area contributed by atoms with Crippen molar-refractivity contribution in [2.24, 2.45) is 0 Å². The van der Waals surface area contributed by atoms with E-state index in [0.29, 0.717) is 5.75 Å². The SMILES string of the molecule is CCN(CC)C(CNC)c1ccccc1O. The van der Waals surface area contributed by atoms with Gasteiger partial charge in [-0.1, -0.05) is 32.0 Å². The zero-order chi connectivity index (χ0) is 12.0. The van der Waals surface area contributed by atoms with Crippen molar-refractivity contribution < 1.29 is 5.11 Å². The largest absolute Gasteiger partial charge is 0.508 e. The highest BCUT2D eigenvalue weighted by atomic mass is 16.3. The third-order valence-corrected chi connectivity index (χ3v) is 2.95. The van der Waals surface area contributed by atoms with E-state index in [1.54, 1.807) is 6.07 Å². The lowest BCUT2D eigenvalue weighted by Gasteiger charge is -2.30. The number of nitrogens with one attached hydrogen (secondary N) is 1. The third kappa shape index (κ3) is 2.97. The molecule has 2 N–H and O–H groups in total. The van der Waals surface area contributed by atoms with Crippen LogP contribution >= 0.6 is 0 Å². The first kappa shape index (κ1) is 13.0. The van der Waals surface area contributed by atoms with Gasteiger partial charge in [0.15, 0.2) is 0 Å². The molecule has 0 aliphatic carbocycles. The Balaban J connectivity index is 2.97. The first-order valence-electron chi connectivity index (χ1n) is 5.91. The summed E-state index contributed by atoms with van der Waals surface area (Å²) in [5.41, 5.74) is 1.00. The van der Waals surface area contributed by atoms with Crippen LogP contribution in [0.1, 0.15) is 25.5 Å². The van der Waals surface area contributed by atoms with E-state index in [1.807, 2.05) is 25.2 Å². The highest BCUT2D eigenvalue weighted by molar-refractivity contribution is 5.34. The minimum atomic E-state index is 0.237. The Hall–Kier alpha value is -1.06. The summed E-state index contributed by atoms with van der Waals surface area (Å²) in [6.07, 6.45) is 0. The summed E-state index contributed by atoms with van der Waals surface area (Å²) in [5.74, 6) is 0.384. The van der Waals surface area contributed by atoms with E-state index < -0.39 is 0 Å². The van der Waals surface area contributed by atoms with Crippen LogP contribution in [0.5, 0.6) is 5.75 Å². The van der Waals surface area contributed by atoms with Crippen LogP contribution in [0.15, 0.2) is 24.3 Å². The van der Waals surface area contributed by atoms with Gasteiger partial charge in [-0.15, -0.1) is 0 Å². The second-order valence-corrected chi connectivity index (χ2v) is 3.85. The van der Waals surface area contributed by atoms with Crippen molar-refractivity contribution in [3.05, 3.63) is 29.8 Å². The minimum absolute atomic E-state index is 0.237. The molecule has 0 aliphatic rings. The first-order chi connectivity index (χ1) is 7.74. The molecule has 0 aromatic heterocycles. The molecule has 0 heterocycles. The molecule has 0 saturated heterocycles. The molecule has 90 valence electrons. The fourth-order valence-electron chi connectivity index (χ4n) is 2.06. The van der Waals surface area contributed by atoms with Gasteiger partial charge in [-0.05, 0) is 26.2 Å². The Morgan fingerprint density at radius 1 is 1.25 bits per heavy atom. The second kappa shape index (κ2) is 6.51. The summed E-state index contributed by atoms with van der Waals surface area (Å²) in [6.45, 7) is 7.10. The molecule has 3 nitrogen and oxygen atoms in total. The Labute approximate surface area is 98.1 Å². The molecule has 0 amide bonds. The monoisotopic (exact) mass is 222 g/mol. The zero-order valence-corrected chi connectivity index (χ0v) is 10.4. The summed E-state index contributed by atoms with van der Waals surface area (Å²) in [4.78, 5) is 2.34. The molecular formula is C13H22N2O. The second-order valence-electron chi connectivity index (χ2n) is 3.85. The van der Waals surface area contributed by atoms with Crippen LogP contribution in [-0.2, 0) is 0 Å². The van der Waals surface area contributed by atoms with E-state index in [2.05, 4.69) is 24.1 Å². The number of benzene rings is 1. The number of aromatic hydroxyl groups is 1. The maximum absolute atomic E-state index is 9.89. The maximum Gasteiger partial charge on any atom is 0.120 e. The van der Waals surface area contributed by atoms with Gasteiger partial charge in [0.05, 0.1) is 6.04 Å². The summed E-state index contributed by atoms with van der Waals surface area (Å²) >= 11 is 0. The van der Waals surface area contributed by atoms with Crippen LogP contribution in [0.2, 0.25) is 0 Å². The van der Waals surface area contributed by atoms with E-state index in [1.165, 1.54) is 0 Å². The van der Waals surface area contributed by atoms with Crippen LogP contribution in [0.3, 0.4) is 0 Å². The van der Waals surface area contributed by atoms with Gasteiger partial charge in [-0.3, -0.25) is 4.90 Å². The van der Waals surface area contributed by atoms with Gasteiger partial charge in [0.1, 0.15) is 5.75 Å². The van der Waals surface area contributed by atoms with Crippen LogP contribution in [0.25, 0.3) is 0 Å². The average Bonchev–Trinajstić information content (AvgIpc) is 2.30. The highest BCUT2D eigenvalue weighted by Crippen LogP contribution is 2.27. The molecule has 0 fully saturated rings. The molecule has 1 rings (SSSR count). The maximum atomic E-state index is 9.89. The van der Waals surface area contributed by atoms with Crippen molar-refractivity contribution in [2.45, 2.75) is 19.9 Å². The van der Waals surface area contributed by atoms with E-state index in [0.717, 1.165) is 25.2 Å². The molecule has 0 saturated carbocycles. The number of phenolic OH excluding ortho intramolecular Hbond substituents is 1. The third-order valence-electron chi connectivity index (χ3n) is 2.95. The van der Waals surface area contributed by atoms with Gasteiger partial charge in [0.2, 0.25) is 0 Å². The first-order valence-corrected chi connectivity index (χ1v) is 5.91. The summed E-state index contributed by atoms with van der Waals surface area (Å²) in [6, 6.07) is 7.82. The van der Waals surface area contributed by atoms with Crippen molar-refractivity contribution in [1.29, 1.82) is 0 Å². The number of phenols is 1. The van der Waals surface area contributed by atoms with Crippen molar-refractivity contribution in [1.82, 2.24) is 10.2 Å². The van der Waals surface area contributed by atoms with E-state index in [9.17, 15) is 5.11 Å². The van der Waals surface area contributed by atoms with E-state index in [4.69, 9.17) is 0 Å². The molecular weight excluding hydrogens is 200 g/mol. The highest BCUT2D eigenvalue weighted by Gasteiger charge is 2.19. The fourth-order valence-corrected chi connectivity index (χ4v) is 2.06. The van der Waals surface area contributed by atoms with Crippen LogP contribution in [0, 0.1) is 0 Å². The molecule has 3 heteroatoms. The number of nitrogens with zero attached hydrogens (tertiary/aromatic N) is 1. The lowest BCUT2D eigenvalue weighted by molar-refractivity contribution is 0.212. The number of hydrogen-bond acceptors (Lipinski definition) is 3. The number of rotatable bonds is 6. The molecule has 1 aromatic carbocycles. The van der Waals surface area contributed by atoms with Crippen LogP contribution in [-0.4, -0.2) is 36.7 Å². The van der Waals surface area contributed by atoms with Crippen LogP contribution in [0.4, 0.5) is 0 Å². The van der Waals surface area contributed by atoms with Gasteiger partial charge in [0, 0.05) is 12.1 Å². The standard InChI is InChI=1S/C13H22N2O/c1-4-15(5-2)12(10-14-3)11-8-6-7-9-13(11)16/h6-9,12,14,16H,4-5,10H2,1-3H3. The number of likely N-dealkylation sites (N-methyl/N-ethyl adjacent to an activating group) is 2. The van der Waals surface area contributed by atoms with Crippen molar-refractivity contribution in [3.63, 3.8) is 0 Å². The predicted molar refractivity (Wildman–Crippen MR) is 67.7 cm³/mol. The van der Waals surface area contributed by atoms with E-state index >= 15 is 0 Å². The molecule has 16 heavy (non-hydrogen) atoms. The Bertz CT molecular complexity index is 311. The Morgan fingerprint density at radius 3 is 2.38 bits per heavy atom. The molecule has 0 spiro atoms. The Morgan fingerprint density at radius 2 is 1.88 bits per heavy atom. The lowest BCUT2D eigenvalue weighted by Crippen LogP contribution is -2.34. The summed E-state index contributed by atoms with van der Waals surface area (Å²) in [7, 11) is 1.94. The van der Waals surface area contributed by atoms with Gasteiger partial charge in [0.25, 0.3) is 0 Å². The van der Waals surface area contributed by atoms with Gasteiger partial charge in [-0.2, -0.15) is 0 Å².